The fourth-order valence-corrected chi connectivity index (χ4v) is 3.17. The van der Waals surface area contributed by atoms with Crippen LogP contribution < -0.4 is 0 Å². The summed E-state index contributed by atoms with van der Waals surface area (Å²) in [5.41, 5.74) is 0.659. The lowest BCUT2D eigenvalue weighted by atomic mass is 9.88. The fourth-order valence-electron chi connectivity index (χ4n) is 3.17. The Morgan fingerprint density at radius 3 is 2.73 bits per heavy atom. The molecule has 4 heteroatoms. The second kappa shape index (κ2) is 5.95. The molecule has 1 amide bonds. The molecule has 3 rings (SSSR count). The van der Waals surface area contributed by atoms with Crippen molar-refractivity contribution in [1.82, 2.24) is 4.90 Å². The van der Waals surface area contributed by atoms with Crippen molar-refractivity contribution in [1.29, 1.82) is 0 Å². The third kappa shape index (κ3) is 2.78. The van der Waals surface area contributed by atoms with E-state index in [0.29, 0.717) is 19.6 Å². The van der Waals surface area contributed by atoms with E-state index in [2.05, 4.69) is 0 Å². The van der Waals surface area contributed by atoms with Gasteiger partial charge in [0.2, 0.25) is 5.91 Å². The zero-order valence-corrected chi connectivity index (χ0v) is 12.8. The number of carbonyl (C=O) groups excluding carboxylic acids is 2. The number of amides is 1. The Bertz CT molecular complexity index is 590. The summed E-state index contributed by atoms with van der Waals surface area (Å²) in [6.45, 7) is 2.84. The van der Waals surface area contributed by atoms with Crippen LogP contribution in [0.25, 0.3) is 6.08 Å². The summed E-state index contributed by atoms with van der Waals surface area (Å²) >= 11 is 0. The van der Waals surface area contributed by atoms with Crippen LogP contribution in [-0.4, -0.2) is 29.9 Å². The maximum Gasteiger partial charge on any atom is 0.312 e. The Labute approximate surface area is 130 Å². The van der Waals surface area contributed by atoms with Crippen LogP contribution in [0.1, 0.15) is 31.7 Å². The van der Waals surface area contributed by atoms with Gasteiger partial charge in [0.1, 0.15) is 0 Å². The van der Waals surface area contributed by atoms with Gasteiger partial charge in [0.25, 0.3) is 0 Å². The van der Waals surface area contributed by atoms with Crippen molar-refractivity contribution < 1.29 is 14.3 Å². The van der Waals surface area contributed by atoms with Crippen LogP contribution in [-0.2, 0) is 14.3 Å². The minimum absolute atomic E-state index is 0.0828. The number of carbonyl (C=O) groups is 2. The highest BCUT2D eigenvalue weighted by Crippen LogP contribution is 2.55. The van der Waals surface area contributed by atoms with E-state index >= 15 is 0 Å². The summed E-state index contributed by atoms with van der Waals surface area (Å²) in [5, 5.41) is 0. The predicted octanol–water partition coefficient (Wildman–Crippen LogP) is 2.85. The number of hydrogen-bond donors (Lipinski definition) is 0. The van der Waals surface area contributed by atoms with Crippen LogP contribution in [0.4, 0.5) is 0 Å². The van der Waals surface area contributed by atoms with Gasteiger partial charge in [-0.1, -0.05) is 30.3 Å². The summed E-state index contributed by atoms with van der Waals surface area (Å²) in [7, 11) is 0. The molecule has 0 aromatic heterocycles. The van der Waals surface area contributed by atoms with E-state index < -0.39 is 5.41 Å². The first kappa shape index (κ1) is 14.8. The molecular weight excluding hydrogens is 278 g/mol. The van der Waals surface area contributed by atoms with Gasteiger partial charge in [-0.3, -0.25) is 9.59 Å². The summed E-state index contributed by atoms with van der Waals surface area (Å²) in [6, 6.07) is 9.89. The van der Waals surface area contributed by atoms with Crippen LogP contribution in [0.2, 0.25) is 0 Å². The van der Waals surface area contributed by atoms with Crippen molar-refractivity contribution in [2.45, 2.75) is 26.2 Å². The van der Waals surface area contributed by atoms with Gasteiger partial charge in [-0.05, 0) is 31.4 Å². The maximum absolute atomic E-state index is 12.2. The van der Waals surface area contributed by atoms with E-state index in [1.54, 1.807) is 4.90 Å². The van der Waals surface area contributed by atoms with Crippen molar-refractivity contribution in [3.05, 3.63) is 42.1 Å². The number of esters is 1. The van der Waals surface area contributed by atoms with E-state index in [1.807, 2.05) is 49.5 Å². The van der Waals surface area contributed by atoms with Crippen LogP contribution >= 0.6 is 0 Å². The molecule has 1 saturated heterocycles. The molecule has 0 spiro atoms. The molecule has 1 aliphatic heterocycles. The number of likely N-dealkylation sites (tertiary alicyclic amines) is 1. The van der Waals surface area contributed by atoms with E-state index in [-0.39, 0.29) is 17.8 Å². The average molecular weight is 299 g/mol. The van der Waals surface area contributed by atoms with Crippen LogP contribution in [0.3, 0.4) is 0 Å². The van der Waals surface area contributed by atoms with Crippen LogP contribution in [0, 0.1) is 11.3 Å². The minimum Gasteiger partial charge on any atom is -0.466 e. The number of nitrogens with zero attached hydrogens (tertiary/aromatic N) is 1. The van der Waals surface area contributed by atoms with Gasteiger partial charge in [-0.2, -0.15) is 0 Å². The van der Waals surface area contributed by atoms with Gasteiger partial charge in [-0.15, -0.1) is 0 Å². The van der Waals surface area contributed by atoms with Crippen molar-refractivity contribution in [2.75, 3.05) is 13.2 Å². The Balaban J connectivity index is 1.66. The molecule has 1 heterocycles. The number of hydrogen-bond acceptors (Lipinski definition) is 3. The molecule has 1 aromatic carbocycles. The first-order valence-corrected chi connectivity index (χ1v) is 7.85. The molecule has 0 radical (unpaired) electrons. The Kier molecular flexibility index (Phi) is 4.01. The molecule has 4 nitrogen and oxygen atoms in total. The zero-order valence-electron chi connectivity index (χ0n) is 12.8. The van der Waals surface area contributed by atoms with E-state index in [1.165, 1.54) is 0 Å². The summed E-state index contributed by atoms with van der Waals surface area (Å²) in [6.07, 6.45) is 5.90. The number of benzene rings is 1. The SMILES string of the molecule is CCOC(=O)C1([C@H]2CC(=O)N(C=Cc3ccccc3)C2)CC1. The molecule has 0 unspecified atom stereocenters. The summed E-state index contributed by atoms with van der Waals surface area (Å²) in [5.74, 6) is 0.0499. The topological polar surface area (TPSA) is 46.6 Å². The first-order valence-electron chi connectivity index (χ1n) is 7.85. The summed E-state index contributed by atoms with van der Waals surface area (Å²) < 4.78 is 5.19. The molecule has 2 aliphatic rings. The van der Waals surface area contributed by atoms with Gasteiger partial charge >= 0.3 is 5.97 Å². The van der Waals surface area contributed by atoms with Gasteiger partial charge < -0.3 is 9.64 Å². The van der Waals surface area contributed by atoms with Crippen molar-refractivity contribution in [2.24, 2.45) is 11.3 Å². The molecular formula is C18H21NO3. The summed E-state index contributed by atoms with van der Waals surface area (Å²) in [4.78, 5) is 26.1. The lowest BCUT2D eigenvalue weighted by Crippen LogP contribution is -2.29. The highest BCUT2D eigenvalue weighted by Gasteiger charge is 2.59. The third-order valence-corrected chi connectivity index (χ3v) is 4.66. The van der Waals surface area contributed by atoms with Crippen molar-refractivity contribution in [3.63, 3.8) is 0 Å². The highest BCUT2D eigenvalue weighted by atomic mass is 16.5. The van der Waals surface area contributed by atoms with Crippen molar-refractivity contribution in [3.8, 4) is 0 Å². The molecule has 0 N–H and O–H groups in total. The van der Waals surface area contributed by atoms with Gasteiger partial charge in [-0.25, -0.2) is 0 Å². The van der Waals surface area contributed by atoms with Gasteiger partial charge in [0.05, 0.1) is 12.0 Å². The Morgan fingerprint density at radius 1 is 1.36 bits per heavy atom. The fraction of sp³-hybridized carbons (Fsp3) is 0.444. The van der Waals surface area contributed by atoms with E-state index in [0.717, 1.165) is 18.4 Å². The van der Waals surface area contributed by atoms with Gasteiger partial charge in [0, 0.05) is 25.1 Å². The lowest BCUT2D eigenvalue weighted by Gasteiger charge is -2.20. The number of ether oxygens (including phenoxy) is 1. The Hall–Kier alpha value is -2.10. The smallest absolute Gasteiger partial charge is 0.312 e. The number of rotatable bonds is 5. The molecule has 22 heavy (non-hydrogen) atoms. The first-order chi connectivity index (χ1) is 10.7. The van der Waals surface area contributed by atoms with Crippen LogP contribution in [0.15, 0.2) is 36.5 Å². The van der Waals surface area contributed by atoms with E-state index in [4.69, 9.17) is 4.74 Å². The predicted molar refractivity (Wildman–Crippen MR) is 83.6 cm³/mol. The second-order valence-corrected chi connectivity index (χ2v) is 6.05. The lowest BCUT2D eigenvalue weighted by molar-refractivity contribution is -0.151. The molecule has 1 aliphatic carbocycles. The Morgan fingerprint density at radius 2 is 2.09 bits per heavy atom. The average Bonchev–Trinajstić information content (AvgIpc) is 3.26. The van der Waals surface area contributed by atoms with Crippen LogP contribution in [0.5, 0.6) is 0 Å². The van der Waals surface area contributed by atoms with E-state index in [9.17, 15) is 9.59 Å². The molecule has 116 valence electrons. The quantitative estimate of drug-likeness (QED) is 0.785. The van der Waals surface area contributed by atoms with Gasteiger partial charge in [0.15, 0.2) is 0 Å². The largest absolute Gasteiger partial charge is 0.466 e. The molecule has 0 bridgehead atoms. The third-order valence-electron chi connectivity index (χ3n) is 4.66. The molecule has 1 saturated carbocycles. The monoisotopic (exact) mass is 299 g/mol. The maximum atomic E-state index is 12.2. The molecule has 1 aromatic rings. The normalized spacial score (nSPS) is 23.0. The molecule has 2 fully saturated rings. The zero-order chi connectivity index (χ0) is 15.6. The minimum atomic E-state index is -0.402. The molecule has 1 atom stereocenters. The second-order valence-electron chi connectivity index (χ2n) is 6.05. The standard InChI is InChI=1S/C18H21NO3/c1-2-22-17(21)18(9-10-18)15-12-16(20)19(13-15)11-8-14-6-4-3-5-7-14/h3-8,11,15H,2,9-10,12-13H2,1H3/t15-/m0/s1. The highest BCUT2D eigenvalue weighted by molar-refractivity contribution is 5.85. The van der Waals surface area contributed by atoms with Crippen molar-refractivity contribution >= 4 is 18.0 Å².